The molecule has 0 bridgehead atoms. The maximum absolute atomic E-state index is 13.6. The zero-order valence-electron chi connectivity index (χ0n) is 19.0. The molecule has 10 nitrogen and oxygen atoms in total. The van der Waals surface area contributed by atoms with Crippen LogP contribution in [0.2, 0.25) is 0 Å². The molecular weight excluding hydrogens is 474 g/mol. The van der Waals surface area contributed by atoms with Crippen molar-refractivity contribution in [3.8, 4) is 11.5 Å². The minimum absolute atomic E-state index is 0.115. The van der Waals surface area contributed by atoms with E-state index < -0.39 is 33.9 Å². The number of aromatic nitrogens is 1. The lowest BCUT2D eigenvalue weighted by Gasteiger charge is -2.25. The predicted octanol–water partition coefficient (Wildman–Crippen LogP) is 2.42. The van der Waals surface area contributed by atoms with E-state index in [1.807, 2.05) is 0 Å². The number of nitro benzene ring substituents is 1. The lowest BCUT2D eigenvalue weighted by Crippen LogP contribution is -2.39. The van der Waals surface area contributed by atoms with Crippen molar-refractivity contribution in [2.75, 3.05) is 13.7 Å². The van der Waals surface area contributed by atoms with Crippen molar-refractivity contribution in [1.82, 2.24) is 4.57 Å². The van der Waals surface area contributed by atoms with E-state index in [1.54, 1.807) is 38.1 Å². The van der Waals surface area contributed by atoms with Gasteiger partial charge in [-0.3, -0.25) is 19.5 Å². The van der Waals surface area contributed by atoms with E-state index in [4.69, 9.17) is 9.47 Å². The number of carbonyl (C=O) groups excluding carboxylic acids is 1. The van der Waals surface area contributed by atoms with Crippen molar-refractivity contribution in [1.29, 1.82) is 0 Å². The minimum Gasteiger partial charge on any atom is -0.502 e. The van der Waals surface area contributed by atoms with Gasteiger partial charge in [-0.25, -0.2) is 9.79 Å². The number of carbonyl (C=O) groups is 1. The van der Waals surface area contributed by atoms with Gasteiger partial charge in [-0.05, 0) is 37.6 Å². The summed E-state index contributed by atoms with van der Waals surface area (Å²) in [4.78, 5) is 41.8. The van der Waals surface area contributed by atoms with Gasteiger partial charge in [0.2, 0.25) is 5.75 Å². The van der Waals surface area contributed by atoms with Crippen molar-refractivity contribution in [2.45, 2.75) is 19.9 Å². The van der Waals surface area contributed by atoms with Crippen LogP contribution in [0.3, 0.4) is 0 Å². The van der Waals surface area contributed by atoms with Crippen molar-refractivity contribution >= 4 is 29.1 Å². The molecule has 0 amide bonds. The molecule has 1 aliphatic rings. The van der Waals surface area contributed by atoms with Gasteiger partial charge in [0.15, 0.2) is 4.80 Å². The normalized spacial score (nSPS) is 15.4. The smallest absolute Gasteiger partial charge is 0.338 e. The molecule has 4 rings (SSSR count). The summed E-state index contributed by atoms with van der Waals surface area (Å²) in [5.74, 6) is -0.591. The number of fused-ring (bicyclic) bond motifs is 1. The number of nitrogens with zero attached hydrogens (tertiary/aromatic N) is 3. The number of hydrogen-bond donors (Lipinski definition) is 1. The van der Waals surface area contributed by atoms with Gasteiger partial charge in [0.1, 0.15) is 5.75 Å². The first-order chi connectivity index (χ1) is 16.8. The number of allylic oxidation sites excluding steroid dienone is 1. The van der Waals surface area contributed by atoms with Crippen LogP contribution in [0.25, 0.3) is 6.08 Å². The van der Waals surface area contributed by atoms with Crippen LogP contribution in [-0.4, -0.2) is 34.3 Å². The summed E-state index contributed by atoms with van der Waals surface area (Å²) in [6.45, 7) is 3.51. The van der Waals surface area contributed by atoms with Gasteiger partial charge in [-0.2, -0.15) is 0 Å². The Kier molecular flexibility index (Phi) is 6.52. The second kappa shape index (κ2) is 9.55. The fourth-order valence-corrected chi connectivity index (χ4v) is 4.91. The monoisotopic (exact) mass is 495 g/mol. The number of esters is 1. The Morgan fingerprint density at radius 3 is 2.74 bits per heavy atom. The quantitative estimate of drug-likeness (QED) is 0.315. The molecule has 0 radical (unpaired) electrons. The Hall–Kier alpha value is -4.25. The van der Waals surface area contributed by atoms with E-state index >= 15 is 0 Å². The Bertz CT molecular complexity index is 1550. The summed E-state index contributed by atoms with van der Waals surface area (Å²) < 4.78 is 12.2. The molecule has 0 fully saturated rings. The Labute approximate surface area is 202 Å². The zero-order chi connectivity index (χ0) is 25.3. The average Bonchev–Trinajstić information content (AvgIpc) is 3.13. The summed E-state index contributed by atoms with van der Waals surface area (Å²) in [5.41, 5.74) is 0.416. The van der Waals surface area contributed by atoms with Gasteiger partial charge in [0, 0.05) is 11.6 Å². The second-order valence-electron chi connectivity index (χ2n) is 7.55. The largest absolute Gasteiger partial charge is 0.502 e. The number of ether oxygens (including phenoxy) is 2. The Morgan fingerprint density at radius 2 is 2.06 bits per heavy atom. The first kappa shape index (κ1) is 23.9. The predicted molar refractivity (Wildman–Crippen MR) is 128 cm³/mol. The van der Waals surface area contributed by atoms with Gasteiger partial charge in [0.25, 0.3) is 5.56 Å². The van der Waals surface area contributed by atoms with Gasteiger partial charge in [0.05, 0.1) is 40.5 Å². The van der Waals surface area contributed by atoms with Crippen molar-refractivity contribution in [3.63, 3.8) is 0 Å². The standard InChI is InChI=1S/C24H21N3O7S/c1-4-34-23(30)19-13(2)25-24-26(20(19)14-7-5-9-16(11-14)33-3)22(29)18(35-24)12-15-8-6-10-17(21(15)28)27(31)32/h5-12,20,28H,4H2,1-3H3/t20-/m1/s1. The Balaban J connectivity index is 1.98. The maximum atomic E-state index is 13.6. The van der Waals surface area contributed by atoms with Crippen molar-refractivity contribution < 1.29 is 24.3 Å². The maximum Gasteiger partial charge on any atom is 0.338 e. The number of phenolic OH excluding ortho intramolecular Hbond substituents is 1. The van der Waals surface area contributed by atoms with Gasteiger partial charge in [-0.1, -0.05) is 35.6 Å². The van der Waals surface area contributed by atoms with E-state index in [9.17, 15) is 24.8 Å². The first-order valence-electron chi connectivity index (χ1n) is 10.6. The first-order valence-corrected chi connectivity index (χ1v) is 11.4. The number of methoxy groups -OCH3 is 1. The summed E-state index contributed by atoms with van der Waals surface area (Å²) in [6, 6.07) is 10.2. The van der Waals surface area contributed by atoms with Crippen LogP contribution in [0.4, 0.5) is 5.69 Å². The number of hydrogen-bond acceptors (Lipinski definition) is 9. The van der Waals surface area contributed by atoms with Gasteiger partial charge >= 0.3 is 11.7 Å². The number of benzene rings is 2. The lowest BCUT2D eigenvalue weighted by molar-refractivity contribution is -0.385. The number of thiazole rings is 1. The van der Waals surface area contributed by atoms with Crippen LogP contribution in [0.1, 0.15) is 31.0 Å². The molecule has 0 spiro atoms. The topological polar surface area (TPSA) is 133 Å². The molecule has 1 aliphatic heterocycles. The highest BCUT2D eigenvalue weighted by atomic mass is 32.1. The second-order valence-corrected chi connectivity index (χ2v) is 8.56. The zero-order valence-corrected chi connectivity index (χ0v) is 19.9. The van der Waals surface area contributed by atoms with Crippen LogP contribution >= 0.6 is 11.3 Å². The van der Waals surface area contributed by atoms with Crippen molar-refractivity contribution in [2.24, 2.45) is 4.99 Å². The fourth-order valence-electron chi connectivity index (χ4n) is 3.87. The molecule has 1 aromatic heterocycles. The molecule has 0 saturated heterocycles. The van der Waals surface area contributed by atoms with Crippen molar-refractivity contribution in [3.05, 3.63) is 94.7 Å². The molecule has 2 heterocycles. The molecule has 0 aliphatic carbocycles. The molecule has 35 heavy (non-hydrogen) atoms. The summed E-state index contributed by atoms with van der Waals surface area (Å²) in [7, 11) is 1.52. The van der Waals surface area contributed by atoms with E-state index in [2.05, 4.69) is 4.99 Å². The number of phenols is 1. The molecule has 1 N–H and O–H groups in total. The highest BCUT2D eigenvalue weighted by Gasteiger charge is 2.33. The van der Waals surface area contributed by atoms with Crippen LogP contribution in [0.15, 0.2) is 63.5 Å². The SMILES string of the molecule is CCOC(=O)C1=C(C)N=c2sc(=Cc3cccc([N+](=O)[O-])c3O)c(=O)n2[C@@H]1c1cccc(OC)c1. The summed E-state index contributed by atoms with van der Waals surface area (Å²) >= 11 is 1.05. The van der Waals surface area contributed by atoms with Gasteiger partial charge in [-0.15, -0.1) is 0 Å². The molecule has 180 valence electrons. The van der Waals surface area contributed by atoms with Crippen LogP contribution in [0, 0.1) is 10.1 Å². The molecular formula is C24H21N3O7S. The number of nitro groups is 1. The van der Waals surface area contributed by atoms with E-state index in [0.29, 0.717) is 21.8 Å². The number of para-hydroxylation sites is 1. The number of rotatable bonds is 6. The average molecular weight is 496 g/mol. The Morgan fingerprint density at radius 1 is 1.31 bits per heavy atom. The molecule has 1 atom stereocenters. The summed E-state index contributed by atoms with van der Waals surface area (Å²) in [6.07, 6.45) is 1.37. The molecule has 11 heteroatoms. The third-order valence-electron chi connectivity index (χ3n) is 5.46. The van der Waals surface area contributed by atoms with Crippen LogP contribution in [-0.2, 0) is 9.53 Å². The molecule has 3 aromatic rings. The van der Waals surface area contributed by atoms with Crippen LogP contribution < -0.4 is 19.6 Å². The van der Waals surface area contributed by atoms with E-state index in [-0.39, 0.29) is 22.3 Å². The van der Waals surface area contributed by atoms with Crippen LogP contribution in [0.5, 0.6) is 11.5 Å². The lowest BCUT2D eigenvalue weighted by atomic mass is 9.95. The molecule has 0 unspecified atom stereocenters. The molecule has 2 aromatic carbocycles. The highest BCUT2D eigenvalue weighted by molar-refractivity contribution is 7.07. The van der Waals surface area contributed by atoms with E-state index in [0.717, 1.165) is 11.3 Å². The third kappa shape index (κ3) is 4.33. The fraction of sp³-hybridized carbons (Fsp3) is 0.208. The highest BCUT2D eigenvalue weighted by Crippen LogP contribution is 2.33. The van der Waals surface area contributed by atoms with Gasteiger partial charge < -0.3 is 14.6 Å². The third-order valence-corrected chi connectivity index (χ3v) is 6.44. The summed E-state index contributed by atoms with van der Waals surface area (Å²) in [5, 5.41) is 21.5. The van der Waals surface area contributed by atoms with E-state index in [1.165, 1.54) is 36.0 Å². The number of aromatic hydroxyl groups is 1. The molecule has 0 saturated carbocycles. The minimum atomic E-state index is -0.832.